The second-order valence-electron chi connectivity index (χ2n) is 4.75. The summed E-state index contributed by atoms with van der Waals surface area (Å²) in [5.74, 6) is 1.24. The number of rotatable bonds is 3. The third-order valence-corrected chi connectivity index (χ3v) is 3.19. The Balaban J connectivity index is 1.84. The van der Waals surface area contributed by atoms with Gasteiger partial charge >= 0.3 is 0 Å². The second kappa shape index (κ2) is 5.17. The van der Waals surface area contributed by atoms with Crippen LogP contribution in [0.4, 0.5) is 5.69 Å². The Bertz CT molecular complexity index is 717. The predicted octanol–water partition coefficient (Wildman–Crippen LogP) is 3.22. The van der Waals surface area contributed by atoms with Crippen LogP contribution in [0.25, 0.3) is 11.5 Å². The monoisotopic (exact) mass is 265 g/mol. The van der Waals surface area contributed by atoms with Gasteiger partial charge in [0.1, 0.15) is 0 Å². The molecule has 4 nitrogen and oxygen atoms in total. The minimum Gasteiger partial charge on any atom is -0.399 e. The van der Waals surface area contributed by atoms with Crippen molar-refractivity contribution in [2.75, 3.05) is 5.73 Å². The fourth-order valence-electron chi connectivity index (χ4n) is 2.07. The van der Waals surface area contributed by atoms with Gasteiger partial charge in [-0.05, 0) is 36.2 Å². The zero-order valence-corrected chi connectivity index (χ0v) is 11.2. The van der Waals surface area contributed by atoms with Crippen LogP contribution in [0.15, 0.2) is 53.1 Å². The molecule has 2 N–H and O–H groups in total. The Hall–Kier alpha value is -2.62. The van der Waals surface area contributed by atoms with E-state index >= 15 is 0 Å². The van der Waals surface area contributed by atoms with Gasteiger partial charge in [-0.1, -0.05) is 35.5 Å². The zero-order valence-electron chi connectivity index (χ0n) is 11.2. The second-order valence-corrected chi connectivity index (χ2v) is 4.75. The third-order valence-electron chi connectivity index (χ3n) is 3.19. The molecule has 0 fully saturated rings. The topological polar surface area (TPSA) is 64.9 Å². The Labute approximate surface area is 117 Å². The van der Waals surface area contributed by atoms with Crippen LogP contribution in [0.5, 0.6) is 0 Å². The van der Waals surface area contributed by atoms with Crippen molar-refractivity contribution in [2.45, 2.75) is 13.3 Å². The third kappa shape index (κ3) is 2.54. The largest absolute Gasteiger partial charge is 0.399 e. The molecular weight excluding hydrogens is 250 g/mol. The molecule has 0 aliphatic heterocycles. The molecule has 0 spiro atoms. The van der Waals surface area contributed by atoms with Crippen molar-refractivity contribution >= 4 is 5.69 Å². The summed E-state index contributed by atoms with van der Waals surface area (Å²) in [7, 11) is 0. The molecule has 0 atom stereocenters. The number of aromatic nitrogens is 2. The van der Waals surface area contributed by atoms with Gasteiger partial charge in [0.25, 0.3) is 5.89 Å². The van der Waals surface area contributed by atoms with E-state index in [1.54, 1.807) is 0 Å². The summed E-state index contributed by atoms with van der Waals surface area (Å²) in [6.07, 6.45) is 0.635. The number of nitrogens with zero attached hydrogens (tertiary/aromatic N) is 2. The van der Waals surface area contributed by atoms with Crippen molar-refractivity contribution in [1.29, 1.82) is 0 Å². The van der Waals surface area contributed by atoms with Crippen LogP contribution >= 0.6 is 0 Å². The predicted molar refractivity (Wildman–Crippen MR) is 78.1 cm³/mol. The molecule has 1 aromatic heterocycles. The minimum atomic E-state index is 0.563. The van der Waals surface area contributed by atoms with E-state index in [1.807, 2.05) is 55.5 Å². The number of nitrogens with two attached hydrogens (primary N) is 1. The van der Waals surface area contributed by atoms with E-state index in [9.17, 15) is 0 Å². The maximum absolute atomic E-state index is 5.67. The van der Waals surface area contributed by atoms with Crippen molar-refractivity contribution in [1.82, 2.24) is 10.1 Å². The van der Waals surface area contributed by atoms with E-state index in [0.29, 0.717) is 18.1 Å². The summed E-state index contributed by atoms with van der Waals surface area (Å²) >= 11 is 0. The van der Waals surface area contributed by atoms with E-state index < -0.39 is 0 Å². The fourth-order valence-corrected chi connectivity index (χ4v) is 2.07. The standard InChI is InChI=1S/C16H15N3O/c1-11-4-2-3-5-14(11)16-18-15(19-20-16)10-12-6-8-13(17)9-7-12/h2-9H,10,17H2,1H3. The normalized spacial score (nSPS) is 10.7. The van der Waals surface area contributed by atoms with Crippen LogP contribution in [-0.4, -0.2) is 10.1 Å². The number of hydrogen-bond donors (Lipinski definition) is 1. The first-order valence-electron chi connectivity index (χ1n) is 6.45. The SMILES string of the molecule is Cc1ccccc1-c1nc(Cc2ccc(N)cc2)no1. The van der Waals surface area contributed by atoms with Crippen molar-refractivity contribution in [3.8, 4) is 11.5 Å². The molecule has 0 unspecified atom stereocenters. The molecule has 0 bridgehead atoms. The summed E-state index contributed by atoms with van der Waals surface area (Å²) in [5, 5.41) is 4.03. The molecule has 3 rings (SSSR count). The quantitative estimate of drug-likeness (QED) is 0.738. The number of benzene rings is 2. The number of aryl methyl sites for hydroxylation is 1. The maximum Gasteiger partial charge on any atom is 0.258 e. The van der Waals surface area contributed by atoms with E-state index in [2.05, 4.69) is 10.1 Å². The van der Waals surface area contributed by atoms with Crippen LogP contribution in [-0.2, 0) is 6.42 Å². The maximum atomic E-state index is 5.67. The van der Waals surface area contributed by atoms with Gasteiger partial charge in [-0.25, -0.2) is 0 Å². The zero-order chi connectivity index (χ0) is 13.9. The van der Waals surface area contributed by atoms with Crippen LogP contribution in [0.1, 0.15) is 17.0 Å². The van der Waals surface area contributed by atoms with E-state index in [1.165, 1.54) is 0 Å². The number of hydrogen-bond acceptors (Lipinski definition) is 4. The first-order valence-corrected chi connectivity index (χ1v) is 6.45. The highest BCUT2D eigenvalue weighted by molar-refractivity contribution is 5.57. The highest BCUT2D eigenvalue weighted by Gasteiger charge is 2.10. The highest BCUT2D eigenvalue weighted by Crippen LogP contribution is 2.21. The summed E-state index contributed by atoms with van der Waals surface area (Å²) in [6, 6.07) is 15.7. The first kappa shape index (κ1) is 12.4. The van der Waals surface area contributed by atoms with Gasteiger partial charge in [0.05, 0.1) is 0 Å². The highest BCUT2D eigenvalue weighted by atomic mass is 16.5. The van der Waals surface area contributed by atoms with Crippen molar-refractivity contribution < 1.29 is 4.52 Å². The summed E-state index contributed by atoms with van der Waals surface area (Å²) in [5.41, 5.74) is 9.62. The molecule has 0 saturated carbocycles. The Morgan fingerprint density at radius 2 is 1.80 bits per heavy atom. The van der Waals surface area contributed by atoms with Crippen LogP contribution < -0.4 is 5.73 Å². The molecule has 100 valence electrons. The fraction of sp³-hybridized carbons (Fsp3) is 0.125. The van der Waals surface area contributed by atoms with E-state index in [4.69, 9.17) is 10.3 Å². The molecule has 0 aliphatic rings. The lowest BCUT2D eigenvalue weighted by Crippen LogP contribution is -1.92. The Kier molecular flexibility index (Phi) is 3.21. The van der Waals surface area contributed by atoms with E-state index in [0.717, 1.165) is 22.4 Å². The molecule has 1 heterocycles. The lowest BCUT2D eigenvalue weighted by atomic mass is 10.1. The van der Waals surface area contributed by atoms with Gasteiger partial charge in [0.2, 0.25) is 0 Å². The lowest BCUT2D eigenvalue weighted by Gasteiger charge is -1.98. The van der Waals surface area contributed by atoms with Gasteiger partial charge in [0, 0.05) is 17.7 Å². The summed E-state index contributed by atoms with van der Waals surface area (Å²) in [6.45, 7) is 2.03. The molecular formula is C16H15N3O. The van der Waals surface area contributed by atoms with E-state index in [-0.39, 0.29) is 0 Å². The van der Waals surface area contributed by atoms with Gasteiger partial charge < -0.3 is 10.3 Å². The van der Waals surface area contributed by atoms with Crippen LogP contribution in [0.3, 0.4) is 0 Å². The molecule has 0 aliphatic carbocycles. The summed E-state index contributed by atoms with van der Waals surface area (Å²) in [4.78, 5) is 4.45. The average molecular weight is 265 g/mol. The van der Waals surface area contributed by atoms with Gasteiger partial charge in [-0.2, -0.15) is 4.98 Å². The lowest BCUT2D eigenvalue weighted by molar-refractivity contribution is 0.423. The first-order chi connectivity index (χ1) is 9.72. The Morgan fingerprint density at radius 1 is 1.05 bits per heavy atom. The number of anilines is 1. The molecule has 0 saturated heterocycles. The van der Waals surface area contributed by atoms with Gasteiger partial charge in [-0.15, -0.1) is 0 Å². The van der Waals surface area contributed by atoms with Crippen LogP contribution in [0.2, 0.25) is 0 Å². The smallest absolute Gasteiger partial charge is 0.258 e. The molecule has 0 radical (unpaired) electrons. The molecule has 0 amide bonds. The van der Waals surface area contributed by atoms with Crippen LogP contribution in [0, 0.1) is 6.92 Å². The molecule has 3 aromatic rings. The average Bonchev–Trinajstić information content (AvgIpc) is 2.90. The van der Waals surface area contributed by atoms with Gasteiger partial charge in [0.15, 0.2) is 5.82 Å². The molecule has 4 heteroatoms. The van der Waals surface area contributed by atoms with Gasteiger partial charge in [-0.3, -0.25) is 0 Å². The van der Waals surface area contributed by atoms with Crippen molar-refractivity contribution in [3.05, 3.63) is 65.5 Å². The van der Waals surface area contributed by atoms with Crippen molar-refractivity contribution in [2.24, 2.45) is 0 Å². The number of nitrogen functional groups attached to an aromatic ring is 1. The molecule has 2 aromatic carbocycles. The molecule has 20 heavy (non-hydrogen) atoms. The summed E-state index contributed by atoms with van der Waals surface area (Å²) < 4.78 is 5.34. The van der Waals surface area contributed by atoms with Crippen molar-refractivity contribution in [3.63, 3.8) is 0 Å². The Morgan fingerprint density at radius 3 is 2.55 bits per heavy atom. The minimum absolute atomic E-state index is 0.563.